The summed E-state index contributed by atoms with van der Waals surface area (Å²) in [6, 6.07) is 4.03. The molecular formula is C17H19N3O7S. The Labute approximate surface area is 161 Å². The van der Waals surface area contributed by atoms with E-state index in [0.717, 1.165) is 6.26 Å². The first-order valence-electron chi connectivity index (χ1n) is 8.49. The van der Waals surface area contributed by atoms with E-state index in [1.54, 1.807) is 13.0 Å². The zero-order valence-electron chi connectivity index (χ0n) is 15.3. The van der Waals surface area contributed by atoms with Crippen molar-refractivity contribution < 1.29 is 31.9 Å². The number of nitrogens with zero attached hydrogens (tertiary/aromatic N) is 2. The number of sulfonamides is 1. The van der Waals surface area contributed by atoms with Gasteiger partial charge in [-0.3, -0.25) is 4.79 Å². The van der Waals surface area contributed by atoms with Gasteiger partial charge in [-0.1, -0.05) is 0 Å². The normalized spacial score (nSPS) is 14.2. The summed E-state index contributed by atoms with van der Waals surface area (Å²) in [4.78, 5) is 28.7. The third kappa shape index (κ3) is 3.93. The Morgan fingerprint density at radius 2 is 2.18 bits per heavy atom. The van der Waals surface area contributed by atoms with Crippen LogP contribution in [0.15, 0.2) is 33.8 Å². The number of carbonyl (C=O) groups is 2. The quantitative estimate of drug-likeness (QED) is 0.686. The Hall–Kier alpha value is -3.08. The van der Waals surface area contributed by atoms with Crippen LogP contribution in [0.3, 0.4) is 0 Å². The van der Waals surface area contributed by atoms with Crippen molar-refractivity contribution in [2.75, 3.05) is 29.9 Å². The number of methoxy groups -OCH3 is 1. The molecule has 2 heterocycles. The molecule has 11 heteroatoms. The molecule has 1 aliphatic heterocycles. The van der Waals surface area contributed by atoms with Crippen LogP contribution in [0, 0.1) is 0 Å². The molecule has 1 saturated heterocycles. The molecule has 150 valence electrons. The average Bonchev–Trinajstić information content (AvgIpc) is 3.30. The van der Waals surface area contributed by atoms with E-state index in [9.17, 15) is 18.0 Å². The Morgan fingerprint density at radius 3 is 2.82 bits per heavy atom. The fourth-order valence-corrected chi connectivity index (χ4v) is 3.88. The van der Waals surface area contributed by atoms with Crippen LogP contribution in [0.25, 0.3) is 0 Å². The van der Waals surface area contributed by atoms with Crippen LogP contribution in [-0.2, 0) is 19.6 Å². The van der Waals surface area contributed by atoms with Crippen LogP contribution >= 0.6 is 0 Å². The number of esters is 1. The third-order valence-electron chi connectivity index (χ3n) is 4.03. The summed E-state index contributed by atoms with van der Waals surface area (Å²) in [6.07, 6.45) is 2.11. The molecule has 2 aromatic rings. The highest BCUT2D eigenvalue weighted by Crippen LogP contribution is 2.32. The molecule has 3 rings (SSSR count). The fourth-order valence-electron chi connectivity index (χ4n) is 2.75. The van der Waals surface area contributed by atoms with Gasteiger partial charge in [0.05, 0.1) is 13.7 Å². The highest BCUT2D eigenvalue weighted by atomic mass is 32.2. The molecule has 1 aromatic heterocycles. The van der Waals surface area contributed by atoms with Crippen LogP contribution in [0.2, 0.25) is 0 Å². The van der Waals surface area contributed by atoms with Crippen LogP contribution in [0.4, 0.5) is 11.7 Å². The van der Waals surface area contributed by atoms with Crippen molar-refractivity contribution in [3.05, 3.63) is 30.2 Å². The lowest BCUT2D eigenvalue weighted by atomic mass is 10.3. The molecule has 1 amide bonds. The van der Waals surface area contributed by atoms with Gasteiger partial charge in [-0.05, 0) is 31.5 Å². The van der Waals surface area contributed by atoms with E-state index in [4.69, 9.17) is 13.9 Å². The summed E-state index contributed by atoms with van der Waals surface area (Å²) in [5.41, 5.74) is 0.284. The van der Waals surface area contributed by atoms with E-state index in [-0.39, 0.29) is 28.9 Å². The van der Waals surface area contributed by atoms with Crippen LogP contribution in [0.5, 0.6) is 5.75 Å². The minimum Gasteiger partial charge on any atom is -0.495 e. The molecule has 0 atom stereocenters. The SMILES string of the molecule is CCOC(=O)c1coc(NS(=O)(=O)c2cc(N3CCCC3=O)ccc2OC)n1. The molecule has 1 fully saturated rings. The first kappa shape index (κ1) is 19.7. The molecule has 0 bridgehead atoms. The molecule has 28 heavy (non-hydrogen) atoms. The number of ether oxygens (including phenoxy) is 2. The largest absolute Gasteiger partial charge is 0.495 e. The maximum Gasteiger partial charge on any atom is 0.360 e. The van der Waals surface area contributed by atoms with E-state index < -0.39 is 22.0 Å². The van der Waals surface area contributed by atoms with Crippen molar-refractivity contribution in [1.82, 2.24) is 4.98 Å². The zero-order valence-corrected chi connectivity index (χ0v) is 16.1. The van der Waals surface area contributed by atoms with Crippen LogP contribution < -0.4 is 14.4 Å². The van der Waals surface area contributed by atoms with Gasteiger partial charge in [0.1, 0.15) is 16.9 Å². The van der Waals surface area contributed by atoms with Gasteiger partial charge in [0.2, 0.25) is 5.91 Å². The second-order valence-electron chi connectivity index (χ2n) is 5.85. The number of anilines is 2. The number of hydrogen-bond acceptors (Lipinski definition) is 8. The molecule has 1 aromatic carbocycles. The lowest BCUT2D eigenvalue weighted by Gasteiger charge is -2.18. The molecule has 0 spiro atoms. The molecule has 0 aliphatic carbocycles. The predicted molar refractivity (Wildman–Crippen MR) is 97.8 cm³/mol. The Morgan fingerprint density at radius 1 is 1.39 bits per heavy atom. The van der Waals surface area contributed by atoms with Crippen LogP contribution in [0.1, 0.15) is 30.3 Å². The van der Waals surface area contributed by atoms with Crippen molar-refractivity contribution in [1.29, 1.82) is 0 Å². The second kappa shape index (κ2) is 7.89. The average molecular weight is 409 g/mol. The van der Waals surface area contributed by atoms with Gasteiger partial charge < -0.3 is 18.8 Å². The van der Waals surface area contributed by atoms with Gasteiger partial charge in [-0.25, -0.2) is 17.9 Å². The standard InChI is InChI=1S/C17H19N3O7S/c1-3-26-16(22)12-10-27-17(18-12)19-28(23,24)14-9-11(6-7-13(14)25-2)20-8-4-5-15(20)21/h6-7,9-10H,3-5,8H2,1-2H3,(H,18,19). The van der Waals surface area contributed by atoms with Crippen molar-refractivity contribution in [3.63, 3.8) is 0 Å². The number of nitrogens with one attached hydrogen (secondary N) is 1. The number of aromatic nitrogens is 1. The van der Waals surface area contributed by atoms with E-state index in [1.165, 1.54) is 24.1 Å². The fraction of sp³-hybridized carbons (Fsp3) is 0.353. The van der Waals surface area contributed by atoms with E-state index >= 15 is 0 Å². The van der Waals surface area contributed by atoms with Gasteiger partial charge in [0, 0.05) is 18.7 Å². The second-order valence-corrected chi connectivity index (χ2v) is 7.50. The Balaban J connectivity index is 1.90. The molecule has 0 saturated carbocycles. The van der Waals surface area contributed by atoms with E-state index in [0.29, 0.717) is 25.1 Å². The summed E-state index contributed by atoms with van der Waals surface area (Å²) >= 11 is 0. The lowest BCUT2D eigenvalue weighted by molar-refractivity contribution is -0.117. The first-order chi connectivity index (χ1) is 13.4. The predicted octanol–water partition coefficient (Wildman–Crippen LogP) is 1.79. The first-order valence-corrected chi connectivity index (χ1v) is 9.98. The number of benzene rings is 1. The maximum atomic E-state index is 12.8. The van der Waals surface area contributed by atoms with Gasteiger partial charge in [0.15, 0.2) is 5.69 Å². The van der Waals surface area contributed by atoms with Gasteiger partial charge >= 0.3 is 12.0 Å². The summed E-state index contributed by atoms with van der Waals surface area (Å²) in [7, 11) is -2.84. The number of rotatable bonds is 7. The van der Waals surface area contributed by atoms with Crippen LogP contribution in [-0.4, -0.2) is 45.5 Å². The minimum atomic E-state index is -4.17. The van der Waals surface area contributed by atoms with Gasteiger partial charge in [-0.15, -0.1) is 0 Å². The highest BCUT2D eigenvalue weighted by Gasteiger charge is 2.27. The van der Waals surface area contributed by atoms with Crippen molar-refractivity contribution in [3.8, 4) is 5.75 Å². The number of hydrogen-bond donors (Lipinski definition) is 1. The van der Waals surface area contributed by atoms with Crippen molar-refractivity contribution in [2.45, 2.75) is 24.7 Å². The van der Waals surface area contributed by atoms with E-state index in [1.807, 2.05) is 0 Å². The molecule has 0 unspecified atom stereocenters. The smallest absolute Gasteiger partial charge is 0.360 e. The van der Waals surface area contributed by atoms with Crippen molar-refractivity contribution >= 4 is 33.6 Å². The minimum absolute atomic E-state index is 0.0757. The summed E-state index contributed by atoms with van der Waals surface area (Å²) < 4.78 is 42.7. The molecule has 1 N–H and O–H groups in total. The number of amides is 1. The topological polar surface area (TPSA) is 128 Å². The summed E-state index contributed by atoms with van der Waals surface area (Å²) in [6.45, 7) is 2.29. The van der Waals surface area contributed by atoms with E-state index in [2.05, 4.69) is 9.71 Å². The van der Waals surface area contributed by atoms with Gasteiger partial charge in [0.25, 0.3) is 10.0 Å². The summed E-state index contributed by atoms with van der Waals surface area (Å²) in [5.74, 6) is -0.725. The maximum absolute atomic E-state index is 12.8. The molecule has 1 aliphatic rings. The lowest BCUT2D eigenvalue weighted by Crippen LogP contribution is -2.24. The summed E-state index contributed by atoms with van der Waals surface area (Å²) in [5, 5.41) is 0. The number of oxazole rings is 1. The molecule has 10 nitrogen and oxygen atoms in total. The molecular weight excluding hydrogens is 390 g/mol. The monoisotopic (exact) mass is 409 g/mol. The Kier molecular flexibility index (Phi) is 5.54. The Bertz CT molecular complexity index is 1000. The highest BCUT2D eigenvalue weighted by molar-refractivity contribution is 7.92. The van der Waals surface area contributed by atoms with Gasteiger partial charge in [-0.2, -0.15) is 4.98 Å². The van der Waals surface area contributed by atoms with Crippen molar-refractivity contribution in [2.24, 2.45) is 0 Å². The zero-order chi connectivity index (χ0) is 20.3. The number of carbonyl (C=O) groups excluding carboxylic acids is 2. The third-order valence-corrected chi connectivity index (χ3v) is 5.37. The molecule has 0 radical (unpaired) electrons.